The van der Waals surface area contributed by atoms with Crippen LogP contribution in [0.2, 0.25) is 0 Å². The Hall–Kier alpha value is -3.00. The summed E-state index contributed by atoms with van der Waals surface area (Å²) in [7, 11) is 1.58. The van der Waals surface area contributed by atoms with Crippen LogP contribution in [0.3, 0.4) is 0 Å². The molecule has 3 aromatic rings. The van der Waals surface area contributed by atoms with E-state index in [0.29, 0.717) is 18.0 Å². The Balaban J connectivity index is 1.57. The van der Waals surface area contributed by atoms with Gasteiger partial charge in [0.15, 0.2) is 0 Å². The maximum Gasteiger partial charge on any atom is 0.407 e. The van der Waals surface area contributed by atoms with Gasteiger partial charge in [-0.05, 0) is 81.1 Å². The maximum atomic E-state index is 13.6. The van der Waals surface area contributed by atoms with Crippen molar-refractivity contribution in [2.45, 2.75) is 45.5 Å². The summed E-state index contributed by atoms with van der Waals surface area (Å²) in [5.41, 5.74) is 6.06. The molecule has 1 saturated heterocycles. The lowest BCUT2D eigenvalue weighted by Crippen LogP contribution is -2.39. The first-order chi connectivity index (χ1) is 16.2. The third-order valence-electron chi connectivity index (χ3n) is 6.80. The average molecular weight is 471 g/mol. The molecule has 1 aliphatic rings. The van der Waals surface area contributed by atoms with Crippen LogP contribution in [-0.4, -0.2) is 70.6 Å². The van der Waals surface area contributed by atoms with Gasteiger partial charge in [-0.25, -0.2) is 13.6 Å². The Morgan fingerprint density at radius 2 is 1.88 bits per heavy atom. The molecule has 0 unspecified atom stereocenters. The Kier molecular flexibility index (Phi) is 7.16. The number of likely N-dealkylation sites (tertiary alicyclic amines) is 1. The number of hydrogen-bond acceptors (Lipinski definition) is 3. The molecule has 2 N–H and O–H groups in total. The summed E-state index contributed by atoms with van der Waals surface area (Å²) >= 11 is 0. The molecular formula is C26H32F2N4O2. The minimum atomic E-state index is -2.43. The molecule has 0 bridgehead atoms. The van der Waals surface area contributed by atoms with Gasteiger partial charge in [0.05, 0.1) is 5.69 Å². The van der Waals surface area contributed by atoms with Gasteiger partial charge in [-0.15, -0.1) is 0 Å². The summed E-state index contributed by atoms with van der Waals surface area (Å²) in [6.45, 7) is 6.83. The zero-order valence-electron chi connectivity index (χ0n) is 19.9. The van der Waals surface area contributed by atoms with Gasteiger partial charge in [0.2, 0.25) is 6.43 Å². The monoisotopic (exact) mass is 470 g/mol. The zero-order valence-corrected chi connectivity index (χ0v) is 19.9. The molecule has 2 aromatic heterocycles. The molecule has 0 atom stereocenters. The molecule has 0 aliphatic carbocycles. The normalized spacial score (nSPS) is 15.4. The molecule has 1 amide bonds. The standard InChI is InChI=1S/C26H32F2N4O2/c1-16-12-20(13-17(2)29-16)25-22(15-24(27)28)21-14-19(4-5-23(21)30-25)18-6-8-32(9-7-18)11-10-31(3)26(33)34/h4-5,12-14,18,24,30H,6-11,15H2,1-3H3,(H,33,34). The number of aryl methyl sites for hydroxylation is 2. The molecule has 0 radical (unpaired) electrons. The fourth-order valence-corrected chi connectivity index (χ4v) is 4.99. The van der Waals surface area contributed by atoms with Crippen LogP contribution < -0.4 is 0 Å². The summed E-state index contributed by atoms with van der Waals surface area (Å²) in [5, 5.41) is 9.89. The van der Waals surface area contributed by atoms with E-state index in [2.05, 4.69) is 27.0 Å². The summed E-state index contributed by atoms with van der Waals surface area (Å²) < 4.78 is 27.2. The second-order valence-corrected chi connectivity index (χ2v) is 9.34. The molecule has 1 fully saturated rings. The number of aromatic amines is 1. The first-order valence-corrected chi connectivity index (χ1v) is 11.8. The van der Waals surface area contributed by atoms with Gasteiger partial charge < -0.3 is 19.9 Å². The molecule has 4 rings (SSSR count). The smallest absolute Gasteiger partial charge is 0.407 e. The lowest BCUT2D eigenvalue weighted by Gasteiger charge is -2.33. The van der Waals surface area contributed by atoms with Crippen molar-refractivity contribution in [3.8, 4) is 11.3 Å². The molecule has 182 valence electrons. The molecule has 8 heteroatoms. The van der Waals surface area contributed by atoms with Crippen LogP contribution in [0.5, 0.6) is 0 Å². The van der Waals surface area contributed by atoms with E-state index in [-0.39, 0.29) is 6.42 Å². The van der Waals surface area contributed by atoms with Crippen molar-refractivity contribution >= 4 is 17.0 Å². The third kappa shape index (κ3) is 5.38. The van der Waals surface area contributed by atoms with Crippen LogP contribution >= 0.6 is 0 Å². The number of carbonyl (C=O) groups is 1. The average Bonchev–Trinajstić information content (AvgIpc) is 3.14. The number of alkyl halides is 2. The number of nitrogens with zero attached hydrogens (tertiary/aromatic N) is 3. The number of benzene rings is 1. The number of nitrogens with one attached hydrogen (secondary N) is 1. The van der Waals surface area contributed by atoms with Gasteiger partial charge in [-0.3, -0.25) is 4.98 Å². The SMILES string of the molecule is Cc1cc(-c2[nH]c3ccc(C4CCN(CCN(C)C(=O)O)CC4)cc3c2CC(F)F)cc(C)n1. The molecular weight excluding hydrogens is 438 g/mol. The molecule has 6 nitrogen and oxygen atoms in total. The van der Waals surface area contributed by atoms with Crippen molar-refractivity contribution < 1.29 is 18.7 Å². The highest BCUT2D eigenvalue weighted by Crippen LogP contribution is 2.36. The van der Waals surface area contributed by atoms with E-state index in [9.17, 15) is 13.6 Å². The number of pyridine rings is 1. The lowest BCUT2D eigenvalue weighted by atomic mass is 9.88. The number of fused-ring (bicyclic) bond motifs is 1. The van der Waals surface area contributed by atoms with Crippen LogP contribution in [0.25, 0.3) is 22.2 Å². The van der Waals surface area contributed by atoms with Crippen LogP contribution in [0.4, 0.5) is 13.6 Å². The minimum absolute atomic E-state index is 0.297. The highest BCUT2D eigenvalue weighted by molar-refractivity contribution is 5.91. The second-order valence-electron chi connectivity index (χ2n) is 9.34. The quantitative estimate of drug-likeness (QED) is 0.482. The van der Waals surface area contributed by atoms with Crippen molar-refractivity contribution in [2.75, 3.05) is 33.2 Å². The first kappa shape index (κ1) is 24.1. The fraction of sp³-hybridized carbons (Fsp3) is 0.462. The lowest BCUT2D eigenvalue weighted by molar-refractivity contribution is 0.142. The zero-order chi connectivity index (χ0) is 24.4. The summed E-state index contributed by atoms with van der Waals surface area (Å²) in [5.74, 6) is 0.362. The van der Waals surface area contributed by atoms with Gasteiger partial charge in [0.1, 0.15) is 0 Å². The molecule has 0 spiro atoms. The van der Waals surface area contributed by atoms with E-state index >= 15 is 0 Å². The van der Waals surface area contributed by atoms with E-state index in [1.807, 2.05) is 32.0 Å². The van der Waals surface area contributed by atoms with Crippen molar-refractivity contribution in [1.82, 2.24) is 19.8 Å². The summed E-state index contributed by atoms with van der Waals surface area (Å²) in [4.78, 5) is 22.4. The number of piperidine rings is 1. The Morgan fingerprint density at radius 3 is 2.50 bits per heavy atom. The van der Waals surface area contributed by atoms with Gasteiger partial charge in [-0.2, -0.15) is 0 Å². The number of halogens is 2. The minimum Gasteiger partial charge on any atom is -0.465 e. The number of rotatable bonds is 7. The third-order valence-corrected chi connectivity index (χ3v) is 6.80. The maximum absolute atomic E-state index is 13.6. The highest BCUT2D eigenvalue weighted by atomic mass is 19.3. The number of amides is 1. The Morgan fingerprint density at radius 1 is 1.21 bits per heavy atom. The van der Waals surface area contributed by atoms with Crippen molar-refractivity contribution in [1.29, 1.82) is 0 Å². The van der Waals surface area contributed by atoms with Gasteiger partial charge in [0, 0.05) is 54.4 Å². The van der Waals surface area contributed by atoms with Gasteiger partial charge in [0.25, 0.3) is 0 Å². The van der Waals surface area contributed by atoms with E-state index in [0.717, 1.165) is 66.0 Å². The Labute approximate surface area is 198 Å². The molecule has 1 aliphatic heterocycles. The molecule has 0 saturated carbocycles. The molecule has 34 heavy (non-hydrogen) atoms. The van der Waals surface area contributed by atoms with Crippen LogP contribution in [0, 0.1) is 13.8 Å². The van der Waals surface area contributed by atoms with Crippen molar-refractivity contribution in [3.05, 3.63) is 52.8 Å². The molecule has 3 heterocycles. The summed E-state index contributed by atoms with van der Waals surface area (Å²) in [6, 6.07) is 10.1. The largest absolute Gasteiger partial charge is 0.465 e. The van der Waals surface area contributed by atoms with Crippen molar-refractivity contribution in [2.24, 2.45) is 0 Å². The highest BCUT2D eigenvalue weighted by Gasteiger charge is 2.23. The van der Waals surface area contributed by atoms with E-state index in [4.69, 9.17) is 5.11 Å². The van der Waals surface area contributed by atoms with Gasteiger partial charge >= 0.3 is 6.09 Å². The topological polar surface area (TPSA) is 72.5 Å². The summed E-state index contributed by atoms with van der Waals surface area (Å²) in [6.07, 6.45) is -1.71. The number of hydrogen-bond donors (Lipinski definition) is 2. The van der Waals surface area contributed by atoms with Crippen LogP contribution in [0.1, 0.15) is 41.3 Å². The fourth-order valence-electron chi connectivity index (χ4n) is 4.99. The molecule has 1 aromatic carbocycles. The first-order valence-electron chi connectivity index (χ1n) is 11.8. The number of H-pyrrole nitrogens is 1. The number of aromatic nitrogens is 2. The number of likely N-dealkylation sites (N-methyl/N-ethyl adjacent to an activating group) is 1. The predicted molar refractivity (Wildman–Crippen MR) is 130 cm³/mol. The van der Waals surface area contributed by atoms with Gasteiger partial charge in [-0.1, -0.05) is 6.07 Å². The second kappa shape index (κ2) is 10.1. The van der Waals surface area contributed by atoms with E-state index in [1.165, 1.54) is 10.5 Å². The van der Waals surface area contributed by atoms with Crippen LogP contribution in [0.15, 0.2) is 30.3 Å². The van der Waals surface area contributed by atoms with Crippen molar-refractivity contribution in [3.63, 3.8) is 0 Å². The number of carboxylic acid groups (broad SMARTS) is 1. The van der Waals surface area contributed by atoms with E-state index in [1.54, 1.807) is 7.05 Å². The van der Waals surface area contributed by atoms with E-state index < -0.39 is 12.5 Å². The Bertz CT molecular complexity index is 1150. The predicted octanol–water partition coefficient (Wildman–Crippen LogP) is 5.44. The van der Waals surface area contributed by atoms with Crippen LogP contribution in [-0.2, 0) is 6.42 Å².